The molecule has 0 radical (unpaired) electrons. The van der Waals surface area contributed by atoms with Gasteiger partial charge in [0, 0.05) is 31.1 Å². The van der Waals surface area contributed by atoms with Gasteiger partial charge in [-0.1, -0.05) is 61.9 Å². The zero-order valence-corrected chi connectivity index (χ0v) is 28.4. The van der Waals surface area contributed by atoms with E-state index in [1.54, 1.807) is 0 Å². The summed E-state index contributed by atoms with van der Waals surface area (Å²) in [5.41, 5.74) is 1.24. The number of halogens is 1. The standard InChI is InChI=1S/C36H39FN4O7S/c1-4-5-21-38-36(43)34(22-27-9-7-6-8-10-27)39(24-28-12-14-29(37)15-13-28)35(42)25-40(30-16-18-31(48-3)19-17-30)49(46,47)32-20-11-26(2)33(23-32)41(44)45/h6-20,23,34H,4-5,21-22,24-25H2,1-3H3,(H,38,43). The molecule has 0 aliphatic heterocycles. The number of rotatable bonds is 16. The molecule has 49 heavy (non-hydrogen) atoms. The normalized spacial score (nSPS) is 11.8. The highest BCUT2D eigenvalue weighted by Crippen LogP contribution is 2.30. The Morgan fingerprint density at radius 2 is 1.63 bits per heavy atom. The number of methoxy groups -OCH3 is 1. The summed E-state index contributed by atoms with van der Waals surface area (Å²) in [5, 5.41) is 14.6. The third kappa shape index (κ3) is 9.41. The van der Waals surface area contributed by atoms with Crippen LogP contribution in [-0.2, 0) is 32.6 Å². The van der Waals surface area contributed by atoms with Crippen molar-refractivity contribution in [2.45, 2.75) is 50.6 Å². The monoisotopic (exact) mass is 690 g/mol. The molecule has 0 saturated heterocycles. The molecule has 13 heteroatoms. The Bertz CT molecular complexity index is 1850. The molecule has 11 nitrogen and oxygen atoms in total. The van der Waals surface area contributed by atoms with Crippen LogP contribution in [0.4, 0.5) is 15.8 Å². The Labute approximate surface area is 285 Å². The molecule has 0 fully saturated rings. The van der Waals surface area contributed by atoms with Gasteiger partial charge in [0.15, 0.2) is 0 Å². The van der Waals surface area contributed by atoms with Crippen LogP contribution >= 0.6 is 0 Å². The van der Waals surface area contributed by atoms with Crippen LogP contribution in [0.3, 0.4) is 0 Å². The maximum atomic E-state index is 14.5. The van der Waals surface area contributed by atoms with Gasteiger partial charge >= 0.3 is 0 Å². The van der Waals surface area contributed by atoms with Crippen molar-refractivity contribution in [3.63, 3.8) is 0 Å². The topological polar surface area (TPSA) is 139 Å². The molecule has 0 aromatic heterocycles. The molecule has 2 amide bonds. The highest BCUT2D eigenvalue weighted by molar-refractivity contribution is 7.92. The molecule has 0 aliphatic rings. The number of carbonyl (C=O) groups is 2. The number of nitro benzene ring substituents is 1. The second-order valence-electron chi connectivity index (χ2n) is 11.4. The minimum atomic E-state index is -4.59. The lowest BCUT2D eigenvalue weighted by Gasteiger charge is -2.34. The number of nitrogens with zero attached hydrogens (tertiary/aromatic N) is 3. The van der Waals surface area contributed by atoms with Crippen molar-refractivity contribution in [3.05, 3.63) is 130 Å². The number of ether oxygens (including phenoxy) is 1. The minimum Gasteiger partial charge on any atom is -0.497 e. The molecule has 0 aliphatic carbocycles. The summed E-state index contributed by atoms with van der Waals surface area (Å²) >= 11 is 0. The van der Waals surface area contributed by atoms with Gasteiger partial charge < -0.3 is 15.0 Å². The van der Waals surface area contributed by atoms with Crippen LogP contribution in [0, 0.1) is 22.9 Å². The molecule has 0 bridgehead atoms. The zero-order valence-electron chi connectivity index (χ0n) is 27.5. The van der Waals surface area contributed by atoms with E-state index in [0.29, 0.717) is 24.3 Å². The first-order valence-corrected chi connectivity index (χ1v) is 17.2. The number of anilines is 1. The Hall–Kier alpha value is -5.30. The lowest BCUT2D eigenvalue weighted by Crippen LogP contribution is -2.53. The van der Waals surface area contributed by atoms with Crippen LogP contribution in [0.15, 0.2) is 102 Å². The highest BCUT2D eigenvalue weighted by Gasteiger charge is 2.35. The van der Waals surface area contributed by atoms with Crippen LogP contribution < -0.4 is 14.4 Å². The summed E-state index contributed by atoms with van der Waals surface area (Å²) in [6, 6.07) is 23.0. The molecule has 258 valence electrons. The van der Waals surface area contributed by atoms with Crippen LogP contribution in [0.5, 0.6) is 5.75 Å². The number of nitrogens with one attached hydrogen (secondary N) is 1. The molecule has 4 aromatic rings. The number of amides is 2. The Balaban J connectivity index is 1.82. The number of aryl methyl sites for hydroxylation is 1. The second-order valence-corrected chi connectivity index (χ2v) is 13.3. The summed E-state index contributed by atoms with van der Waals surface area (Å²) in [6.07, 6.45) is 1.65. The molecular weight excluding hydrogens is 651 g/mol. The lowest BCUT2D eigenvalue weighted by atomic mass is 10.0. The first-order chi connectivity index (χ1) is 23.4. The first-order valence-electron chi connectivity index (χ1n) is 15.7. The minimum absolute atomic E-state index is 0.0890. The molecule has 0 saturated carbocycles. The van der Waals surface area contributed by atoms with Crippen molar-refractivity contribution in [1.29, 1.82) is 0 Å². The van der Waals surface area contributed by atoms with Crippen molar-refractivity contribution in [2.24, 2.45) is 0 Å². The fraction of sp³-hybridized carbons (Fsp3) is 0.278. The SMILES string of the molecule is CCCCNC(=O)C(Cc1ccccc1)N(Cc1ccc(F)cc1)C(=O)CN(c1ccc(OC)cc1)S(=O)(=O)c1ccc(C)c([N+](=O)[O-])c1. The predicted molar refractivity (Wildman–Crippen MR) is 184 cm³/mol. The van der Waals surface area contributed by atoms with E-state index in [4.69, 9.17) is 4.74 Å². The van der Waals surface area contributed by atoms with Crippen molar-refractivity contribution in [3.8, 4) is 5.75 Å². The van der Waals surface area contributed by atoms with E-state index < -0.39 is 55.7 Å². The van der Waals surface area contributed by atoms with Crippen LogP contribution in [0.2, 0.25) is 0 Å². The molecule has 4 rings (SSSR count). The third-order valence-corrected chi connectivity index (χ3v) is 9.74. The van der Waals surface area contributed by atoms with E-state index in [0.717, 1.165) is 22.4 Å². The van der Waals surface area contributed by atoms with Crippen molar-refractivity contribution < 1.29 is 32.1 Å². The Morgan fingerprint density at radius 1 is 0.959 bits per heavy atom. The number of hydrogen-bond acceptors (Lipinski definition) is 7. The molecule has 1 N–H and O–H groups in total. The fourth-order valence-corrected chi connectivity index (χ4v) is 6.63. The van der Waals surface area contributed by atoms with Gasteiger partial charge in [0.05, 0.1) is 22.6 Å². The van der Waals surface area contributed by atoms with E-state index in [1.165, 1.54) is 79.6 Å². The van der Waals surface area contributed by atoms with Gasteiger partial charge in [0.2, 0.25) is 11.8 Å². The average molecular weight is 691 g/mol. The second kappa shape index (κ2) is 16.7. The number of hydrogen-bond donors (Lipinski definition) is 1. The zero-order chi connectivity index (χ0) is 35.6. The average Bonchev–Trinajstić information content (AvgIpc) is 3.10. The number of unbranched alkanes of at least 4 members (excludes halogenated alkanes) is 1. The van der Waals surface area contributed by atoms with Gasteiger partial charge in [-0.15, -0.1) is 0 Å². The third-order valence-electron chi connectivity index (χ3n) is 7.97. The van der Waals surface area contributed by atoms with Crippen molar-refractivity contribution >= 4 is 33.2 Å². The molecule has 4 aromatic carbocycles. The molecule has 0 heterocycles. The van der Waals surface area contributed by atoms with E-state index in [9.17, 15) is 32.5 Å². The van der Waals surface area contributed by atoms with Crippen LogP contribution in [0.1, 0.15) is 36.5 Å². The number of sulfonamides is 1. The van der Waals surface area contributed by atoms with Gasteiger partial charge in [-0.2, -0.15) is 0 Å². The molecule has 1 unspecified atom stereocenters. The Morgan fingerprint density at radius 3 is 2.24 bits per heavy atom. The van der Waals surface area contributed by atoms with E-state index in [1.807, 2.05) is 37.3 Å². The summed E-state index contributed by atoms with van der Waals surface area (Å²) in [7, 11) is -3.14. The fourth-order valence-electron chi connectivity index (χ4n) is 5.20. The summed E-state index contributed by atoms with van der Waals surface area (Å²) in [4.78, 5) is 40.3. The van der Waals surface area contributed by atoms with Gasteiger partial charge in [0.25, 0.3) is 15.7 Å². The van der Waals surface area contributed by atoms with Gasteiger partial charge in [-0.3, -0.25) is 24.0 Å². The largest absolute Gasteiger partial charge is 0.497 e. The van der Waals surface area contributed by atoms with Crippen molar-refractivity contribution in [2.75, 3.05) is 24.5 Å². The summed E-state index contributed by atoms with van der Waals surface area (Å²) < 4.78 is 48.5. The highest BCUT2D eigenvalue weighted by atomic mass is 32.2. The molecule has 0 spiro atoms. The van der Waals surface area contributed by atoms with Crippen molar-refractivity contribution in [1.82, 2.24) is 10.2 Å². The summed E-state index contributed by atoms with van der Waals surface area (Å²) in [6.45, 7) is 2.95. The summed E-state index contributed by atoms with van der Waals surface area (Å²) in [5.74, 6) is -1.20. The number of nitro groups is 1. The van der Waals surface area contributed by atoms with E-state index in [2.05, 4.69) is 5.32 Å². The quantitative estimate of drug-likeness (QED) is 0.0891. The number of carbonyl (C=O) groups excluding carboxylic acids is 2. The van der Waals surface area contributed by atoms with Gasteiger partial charge in [-0.25, -0.2) is 12.8 Å². The maximum absolute atomic E-state index is 14.5. The Kier molecular flexibility index (Phi) is 12.4. The van der Waals surface area contributed by atoms with E-state index in [-0.39, 0.29) is 24.2 Å². The van der Waals surface area contributed by atoms with Crippen LogP contribution in [0.25, 0.3) is 0 Å². The maximum Gasteiger partial charge on any atom is 0.273 e. The predicted octanol–water partition coefficient (Wildman–Crippen LogP) is 5.80. The first kappa shape index (κ1) is 36.5. The van der Waals surface area contributed by atoms with Gasteiger partial charge in [-0.05, 0) is 66.9 Å². The number of benzene rings is 4. The van der Waals surface area contributed by atoms with Crippen LogP contribution in [-0.4, -0.2) is 56.3 Å². The lowest BCUT2D eigenvalue weighted by molar-refractivity contribution is -0.385. The van der Waals surface area contributed by atoms with Gasteiger partial charge in [0.1, 0.15) is 24.2 Å². The molecular formula is C36H39FN4O7S. The smallest absolute Gasteiger partial charge is 0.273 e. The molecule has 1 atom stereocenters. The van der Waals surface area contributed by atoms with E-state index >= 15 is 0 Å².